The molecule has 0 spiro atoms. The van der Waals surface area contributed by atoms with Gasteiger partial charge in [0.1, 0.15) is 0 Å². The molecule has 0 aliphatic heterocycles. The van der Waals surface area contributed by atoms with E-state index in [0.29, 0.717) is 24.3 Å². The fraction of sp³-hybridized carbons (Fsp3) is 0.389. The van der Waals surface area contributed by atoms with Crippen molar-refractivity contribution in [2.45, 2.75) is 39.9 Å². The number of benzene rings is 1. The molecule has 3 rings (SSSR count). The summed E-state index contributed by atoms with van der Waals surface area (Å²) in [5.41, 5.74) is 2.18. The Kier molecular flexibility index (Phi) is 5.95. The number of hydrogen-bond donors (Lipinski definition) is 2. The molecule has 0 atom stereocenters. The lowest BCUT2D eigenvalue weighted by molar-refractivity contribution is 0.742. The molecule has 0 amide bonds. The lowest BCUT2D eigenvalue weighted by atomic mass is 10.1. The molecule has 8 heteroatoms. The summed E-state index contributed by atoms with van der Waals surface area (Å²) in [5.74, 6) is 1.09. The van der Waals surface area contributed by atoms with Crippen LogP contribution in [-0.2, 0) is 19.6 Å². The van der Waals surface area contributed by atoms with E-state index in [2.05, 4.69) is 21.6 Å². The van der Waals surface area contributed by atoms with E-state index >= 15 is 0 Å². The summed E-state index contributed by atoms with van der Waals surface area (Å²) in [5, 5.41) is 0. The quantitative estimate of drug-likeness (QED) is 0.467. The normalized spacial score (nSPS) is 11.3. The van der Waals surface area contributed by atoms with Crippen LogP contribution in [0.25, 0.3) is 11.2 Å². The van der Waals surface area contributed by atoms with Gasteiger partial charge in [0, 0.05) is 18.8 Å². The van der Waals surface area contributed by atoms with Gasteiger partial charge >= 0.3 is 5.69 Å². The molecule has 0 bridgehead atoms. The molecule has 0 fully saturated rings. The van der Waals surface area contributed by atoms with Gasteiger partial charge in [-0.05, 0) is 24.5 Å². The summed E-state index contributed by atoms with van der Waals surface area (Å²) in [6.45, 7) is 5.87. The van der Waals surface area contributed by atoms with E-state index in [4.69, 9.17) is 0 Å². The molecule has 0 aliphatic carbocycles. The van der Waals surface area contributed by atoms with Crippen LogP contribution < -0.4 is 16.0 Å². The van der Waals surface area contributed by atoms with Crippen LogP contribution in [0.5, 0.6) is 0 Å². The molecule has 1 aromatic carbocycles. The Bertz CT molecular complexity index is 987. The molecule has 0 saturated heterocycles. The highest BCUT2D eigenvalue weighted by molar-refractivity contribution is 7.97. The average Bonchev–Trinajstić information content (AvgIpc) is 3.08. The first-order chi connectivity index (χ1) is 12.6. The van der Waals surface area contributed by atoms with Gasteiger partial charge in [-0.15, -0.1) is 0 Å². The Morgan fingerprint density at radius 3 is 2.58 bits per heavy atom. The Morgan fingerprint density at radius 2 is 1.88 bits per heavy atom. The van der Waals surface area contributed by atoms with Crippen molar-refractivity contribution in [2.75, 3.05) is 5.75 Å². The third-order valence-electron chi connectivity index (χ3n) is 4.14. The summed E-state index contributed by atoms with van der Waals surface area (Å²) in [6.07, 6.45) is 2.74. The first-order valence-electron chi connectivity index (χ1n) is 8.74. The molecule has 2 aromatic heterocycles. The van der Waals surface area contributed by atoms with Gasteiger partial charge in [-0.3, -0.25) is 19.1 Å². The van der Waals surface area contributed by atoms with Gasteiger partial charge in [0.15, 0.2) is 11.2 Å². The highest BCUT2D eigenvalue weighted by Gasteiger charge is 2.13. The van der Waals surface area contributed by atoms with E-state index in [1.165, 1.54) is 10.1 Å². The predicted molar refractivity (Wildman–Crippen MR) is 105 cm³/mol. The van der Waals surface area contributed by atoms with E-state index < -0.39 is 11.2 Å². The van der Waals surface area contributed by atoms with Gasteiger partial charge in [-0.1, -0.05) is 43.1 Å². The van der Waals surface area contributed by atoms with Crippen molar-refractivity contribution in [3.05, 3.63) is 62.6 Å². The molecular formula is C18H23N5O2S. The maximum atomic E-state index is 12.3. The van der Waals surface area contributed by atoms with E-state index in [-0.39, 0.29) is 0 Å². The molecule has 2 heterocycles. The fourth-order valence-electron chi connectivity index (χ4n) is 2.76. The van der Waals surface area contributed by atoms with Gasteiger partial charge in [0.05, 0.1) is 12.9 Å². The molecule has 0 aliphatic rings. The number of nitrogens with zero attached hydrogens (tertiary/aromatic N) is 3. The zero-order valence-corrected chi connectivity index (χ0v) is 15.8. The van der Waals surface area contributed by atoms with Crippen molar-refractivity contribution in [3.63, 3.8) is 0 Å². The molecule has 0 radical (unpaired) electrons. The van der Waals surface area contributed by atoms with Gasteiger partial charge in [0.2, 0.25) is 0 Å². The zero-order chi connectivity index (χ0) is 18.5. The van der Waals surface area contributed by atoms with Crippen molar-refractivity contribution in [1.82, 2.24) is 23.8 Å². The summed E-state index contributed by atoms with van der Waals surface area (Å²) in [6, 6.07) is 8.10. The van der Waals surface area contributed by atoms with Gasteiger partial charge in [0.25, 0.3) is 5.56 Å². The number of nitrogens with one attached hydrogen (secondary N) is 2. The Hall–Kier alpha value is -2.32. The summed E-state index contributed by atoms with van der Waals surface area (Å²) in [7, 11) is 0. The molecule has 7 nitrogen and oxygen atoms in total. The second-order valence-corrected chi connectivity index (χ2v) is 7.02. The highest BCUT2D eigenvalue weighted by Crippen LogP contribution is 2.11. The maximum Gasteiger partial charge on any atom is 0.330 e. The number of aryl methyl sites for hydroxylation is 1. The molecule has 3 aromatic rings. The van der Waals surface area contributed by atoms with Crippen LogP contribution in [0, 0.1) is 0 Å². The Balaban J connectivity index is 1.82. The zero-order valence-electron chi connectivity index (χ0n) is 15.0. The van der Waals surface area contributed by atoms with Gasteiger partial charge in [-0.25, -0.2) is 9.78 Å². The van der Waals surface area contributed by atoms with Crippen LogP contribution in [-0.4, -0.2) is 24.9 Å². The first-order valence-corrected chi connectivity index (χ1v) is 9.73. The minimum atomic E-state index is -0.439. The molecule has 2 N–H and O–H groups in total. The van der Waals surface area contributed by atoms with Crippen molar-refractivity contribution in [1.29, 1.82) is 0 Å². The molecule has 26 heavy (non-hydrogen) atoms. The number of H-pyrrole nitrogens is 1. The predicted octanol–water partition coefficient (Wildman–Crippen LogP) is 2.10. The number of fused-ring (bicyclic) bond motifs is 1. The van der Waals surface area contributed by atoms with E-state index in [1.54, 1.807) is 22.8 Å². The lowest BCUT2D eigenvalue weighted by Gasteiger charge is -2.08. The number of aromatic nitrogens is 4. The number of imidazole rings is 1. The molecule has 138 valence electrons. The van der Waals surface area contributed by atoms with Crippen LogP contribution in [0.1, 0.15) is 31.4 Å². The van der Waals surface area contributed by atoms with Crippen molar-refractivity contribution in [2.24, 2.45) is 0 Å². The second-order valence-electron chi connectivity index (χ2n) is 6.03. The standard InChI is InChI=1S/C18H23N5O2S/c1-3-9-26-20-10-13-5-7-14(8-6-13)11-23-16-15(17(24)21-18(23)25)22(4-2)12-19-16/h5-8,12,20H,3-4,9-11H2,1-2H3,(H,21,24,25). The van der Waals surface area contributed by atoms with Crippen molar-refractivity contribution in [3.8, 4) is 0 Å². The monoisotopic (exact) mass is 373 g/mol. The highest BCUT2D eigenvalue weighted by atomic mass is 32.2. The van der Waals surface area contributed by atoms with E-state index in [0.717, 1.165) is 24.3 Å². The summed E-state index contributed by atoms with van der Waals surface area (Å²) < 4.78 is 6.58. The topological polar surface area (TPSA) is 84.7 Å². The first kappa shape index (κ1) is 18.5. The molecular weight excluding hydrogens is 350 g/mol. The van der Waals surface area contributed by atoms with Crippen LogP contribution in [0.4, 0.5) is 0 Å². The lowest BCUT2D eigenvalue weighted by Crippen LogP contribution is -2.31. The molecule has 0 saturated carbocycles. The third kappa shape index (κ3) is 3.91. The van der Waals surface area contributed by atoms with Crippen LogP contribution in [0.2, 0.25) is 0 Å². The number of aromatic amines is 1. The smallest absolute Gasteiger partial charge is 0.325 e. The van der Waals surface area contributed by atoms with Crippen LogP contribution in [0.3, 0.4) is 0 Å². The minimum absolute atomic E-state index is 0.366. The third-order valence-corrected chi connectivity index (χ3v) is 5.10. The van der Waals surface area contributed by atoms with Gasteiger partial charge < -0.3 is 4.57 Å². The SMILES string of the molecule is CCCSNCc1ccc(Cn2c(=O)[nH]c(=O)c3c2ncn3CC)cc1. The number of rotatable bonds is 8. The summed E-state index contributed by atoms with van der Waals surface area (Å²) in [4.78, 5) is 31.0. The molecule has 0 unspecified atom stereocenters. The van der Waals surface area contributed by atoms with Crippen molar-refractivity contribution < 1.29 is 0 Å². The minimum Gasteiger partial charge on any atom is -0.325 e. The Morgan fingerprint density at radius 1 is 1.15 bits per heavy atom. The fourth-order valence-corrected chi connectivity index (χ4v) is 3.38. The maximum absolute atomic E-state index is 12.3. The number of hydrogen-bond acceptors (Lipinski definition) is 5. The Labute approximate surface area is 155 Å². The van der Waals surface area contributed by atoms with Crippen LogP contribution in [0.15, 0.2) is 40.2 Å². The average molecular weight is 373 g/mol. The second kappa shape index (κ2) is 8.37. The van der Waals surface area contributed by atoms with E-state index in [1.807, 2.05) is 31.2 Å². The van der Waals surface area contributed by atoms with Crippen molar-refractivity contribution >= 4 is 23.1 Å². The van der Waals surface area contributed by atoms with E-state index in [9.17, 15) is 9.59 Å². The largest absolute Gasteiger partial charge is 0.330 e. The van der Waals surface area contributed by atoms with Gasteiger partial charge in [-0.2, -0.15) is 0 Å². The summed E-state index contributed by atoms with van der Waals surface area (Å²) >= 11 is 1.72. The van der Waals surface area contributed by atoms with Crippen LogP contribution >= 0.6 is 11.9 Å².